The minimum Gasteiger partial charge on any atom is -0.380 e. The predicted octanol–water partition coefficient (Wildman–Crippen LogP) is 3.20. The van der Waals surface area contributed by atoms with Crippen molar-refractivity contribution in [3.63, 3.8) is 0 Å². The summed E-state index contributed by atoms with van der Waals surface area (Å²) in [5.41, 5.74) is 0. The van der Waals surface area contributed by atoms with Crippen LogP contribution in [0.25, 0.3) is 0 Å². The van der Waals surface area contributed by atoms with Gasteiger partial charge in [0.15, 0.2) is 0 Å². The summed E-state index contributed by atoms with van der Waals surface area (Å²) in [6.45, 7) is 6.62. The Morgan fingerprint density at radius 3 is 2.79 bits per heavy atom. The van der Waals surface area contributed by atoms with Crippen LogP contribution in [-0.4, -0.2) is 19.8 Å². The molecule has 0 aliphatic rings. The van der Waals surface area contributed by atoms with Crippen LogP contribution in [-0.2, 0) is 4.74 Å². The zero-order chi connectivity index (χ0) is 10.4. The molecule has 0 spiro atoms. The van der Waals surface area contributed by atoms with Crippen molar-refractivity contribution in [1.82, 2.24) is 5.32 Å². The Bertz CT molecular complexity index is 264. The van der Waals surface area contributed by atoms with Gasteiger partial charge >= 0.3 is 0 Å². The van der Waals surface area contributed by atoms with Gasteiger partial charge in [0.25, 0.3) is 0 Å². The van der Waals surface area contributed by atoms with Crippen molar-refractivity contribution in [2.24, 2.45) is 0 Å². The molecule has 14 heavy (non-hydrogen) atoms. The van der Waals surface area contributed by atoms with Gasteiger partial charge in [-0.1, -0.05) is 6.92 Å². The summed E-state index contributed by atoms with van der Waals surface area (Å²) in [7, 11) is 0. The molecule has 0 radical (unpaired) electrons. The summed E-state index contributed by atoms with van der Waals surface area (Å²) in [6, 6.07) is 4.55. The third-order valence-corrected chi connectivity index (χ3v) is 3.61. The molecule has 0 amide bonds. The number of hydrogen-bond donors (Lipinski definition) is 1. The van der Waals surface area contributed by atoms with Gasteiger partial charge in [-0.25, -0.2) is 0 Å². The van der Waals surface area contributed by atoms with E-state index in [0.717, 1.165) is 19.8 Å². The Balaban J connectivity index is 2.57. The van der Waals surface area contributed by atoms with Crippen LogP contribution in [0.2, 0.25) is 0 Å². The Labute approximate surface area is 97.8 Å². The molecule has 0 aromatic carbocycles. The third kappa shape index (κ3) is 3.69. The van der Waals surface area contributed by atoms with Gasteiger partial charge in [-0.15, -0.1) is 11.3 Å². The molecule has 0 saturated heterocycles. The normalized spacial score (nSPS) is 13.1. The fraction of sp³-hybridized carbons (Fsp3) is 0.600. The Kier molecular flexibility index (Phi) is 5.70. The van der Waals surface area contributed by atoms with Gasteiger partial charge in [-0.2, -0.15) is 0 Å². The van der Waals surface area contributed by atoms with E-state index in [-0.39, 0.29) is 0 Å². The zero-order valence-electron chi connectivity index (χ0n) is 8.55. The second-order valence-electron chi connectivity index (χ2n) is 2.91. The average Bonchev–Trinajstić information content (AvgIpc) is 2.59. The first-order valence-electron chi connectivity index (χ1n) is 4.84. The first kappa shape index (κ1) is 12.2. The zero-order valence-corrected chi connectivity index (χ0v) is 11.0. The highest BCUT2D eigenvalue weighted by atomic mass is 79.9. The Hall–Kier alpha value is 0.1000. The fourth-order valence-electron chi connectivity index (χ4n) is 1.24. The number of nitrogens with one attached hydrogen (secondary N) is 1. The largest absolute Gasteiger partial charge is 0.380 e. The molecular weight excluding hydrogens is 262 g/mol. The highest BCUT2D eigenvalue weighted by molar-refractivity contribution is 9.11. The molecule has 1 rings (SSSR count). The maximum absolute atomic E-state index is 5.44. The molecule has 1 aromatic rings. The summed E-state index contributed by atoms with van der Waals surface area (Å²) in [5.74, 6) is 0. The second-order valence-corrected chi connectivity index (χ2v) is 5.41. The first-order valence-corrected chi connectivity index (χ1v) is 6.45. The maximum atomic E-state index is 5.44. The molecular formula is C10H16BrNOS. The monoisotopic (exact) mass is 277 g/mol. The lowest BCUT2D eigenvalue weighted by molar-refractivity contribution is 0.124. The molecule has 0 fully saturated rings. The maximum Gasteiger partial charge on any atom is 0.0702 e. The number of ether oxygens (including phenoxy) is 1. The van der Waals surface area contributed by atoms with Crippen LogP contribution < -0.4 is 5.32 Å². The standard InChI is InChI=1S/C10H16BrNOS/c1-3-12-8(7-13-4-2)9-5-6-10(11)14-9/h5-6,8,12H,3-4,7H2,1-2H3. The summed E-state index contributed by atoms with van der Waals surface area (Å²) in [4.78, 5) is 1.33. The van der Waals surface area contributed by atoms with Crippen molar-refractivity contribution in [3.8, 4) is 0 Å². The second kappa shape index (κ2) is 6.56. The van der Waals surface area contributed by atoms with E-state index < -0.39 is 0 Å². The lowest BCUT2D eigenvalue weighted by Gasteiger charge is -2.15. The van der Waals surface area contributed by atoms with Crippen molar-refractivity contribution in [2.75, 3.05) is 19.8 Å². The van der Waals surface area contributed by atoms with Gasteiger partial charge < -0.3 is 10.1 Å². The first-order chi connectivity index (χ1) is 6.77. The number of likely N-dealkylation sites (N-methyl/N-ethyl adjacent to an activating group) is 1. The highest BCUT2D eigenvalue weighted by Crippen LogP contribution is 2.27. The van der Waals surface area contributed by atoms with Gasteiger partial charge in [0, 0.05) is 11.5 Å². The molecule has 1 unspecified atom stereocenters. The molecule has 2 nitrogen and oxygen atoms in total. The smallest absolute Gasteiger partial charge is 0.0702 e. The number of hydrogen-bond acceptors (Lipinski definition) is 3. The fourth-order valence-corrected chi connectivity index (χ4v) is 2.72. The topological polar surface area (TPSA) is 21.3 Å². The summed E-state index contributed by atoms with van der Waals surface area (Å²) in [6.07, 6.45) is 0. The lowest BCUT2D eigenvalue weighted by Crippen LogP contribution is -2.24. The van der Waals surface area contributed by atoms with E-state index in [1.807, 2.05) is 6.92 Å². The van der Waals surface area contributed by atoms with E-state index >= 15 is 0 Å². The molecule has 80 valence electrons. The van der Waals surface area contributed by atoms with Crippen molar-refractivity contribution in [3.05, 3.63) is 20.8 Å². The molecule has 0 saturated carbocycles. The summed E-state index contributed by atoms with van der Waals surface area (Å²) >= 11 is 5.23. The number of halogens is 1. The summed E-state index contributed by atoms with van der Waals surface area (Å²) in [5, 5.41) is 3.41. The molecule has 4 heteroatoms. The van der Waals surface area contributed by atoms with E-state index in [4.69, 9.17) is 4.74 Å². The lowest BCUT2D eigenvalue weighted by atomic mass is 10.2. The van der Waals surface area contributed by atoms with Crippen molar-refractivity contribution < 1.29 is 4.74 Å². The van der Waals surface area contributed by atoms with Gasteiger partial charge in [0.1, 0.15) is 0 Å². The molecule has 0 aliphatic carbocycles. The van der Waals surface area contributed by atoms with Crippen LogP contribution in [0.1, 0.15) is 24.8 Å². The van der Waals surface area contributed by atoms with Crippen LogP contribution in [0.5, 0.6) is 0 Å². The van der Waals surface area contributed by atoms with E-state index in [9.17, 15) is 0 Å². The van der Waals surface area contributed by atoms with Crippen LogP contribution in [0, 0.1) is 0 Å². The van der Waals surface area contributed by atoms with Gasteiger partial charge in [-0.05, 0) is 41.5 Å². The quantitative estimate of drug-likeness (QED) is 0.862. The van der Waals surface area contributed by atoms with Crippen molar-refractivity contribution in [2.45, 2.75) is 19.9 Å². The SMILES string of the molecule is CCNC(COCC)c1ccc(Br)s1. The average molecular weight is 278 g/mol. The van der Waals surface area contributed by atoms with E-state index in [0.29, 0.717) is 6.04 Å². The molecule has 1 aromatic heterocycles. The van der Waals surface area contributed by atoms with Gasteiger partial charge in [0.05, 0.1) is 16.4 Å². The number of thiophene rings is 1. The van der Waals surface area contributed by atoms with Crippen LogP contribution in [0.3, 0.4) is 0 Å². The minimum atomic E-state index is 0.330. The third-order valence-electron chi connectivity index (χ3n) is 1.88. The van der Waals surface area contributed by atoms with E-state index in [1.165, 1.54) is 8.66 Å². The van der Waals surface area contributed by atoms with Crippen LogP contribution >= 0.6 is 27.3 Å². The highest BCUT2D eigenvalue weighted by Gasteiger charge is 2.11. The predicted molar refractivity (Wildman–Crippen MR) is 64.9 cm³/mol. The Morgan fingerprint density at radius 1 is 1.50 bits per heavy atom. The molecule has 0 aliphatic heterocycles. The van der Waals surface area contributed by atoms with Crippen LogP contribution in [0.4, 0.5) is 0 Å². The minimum absolute atomic E-state index is 0.330. The van der Waals surface area contributed by atoms with Crippen LogP contribution in [0.15, 0.2) is 15.9 Å². The molecule has 0 bridgehead atoms. The van der Waals surface area contributed by atoms with Crippen molar-refractivity contribution >= 4 is 27.3 Å². The number of rotatable bonds is 6. The summed E-state index contributed by atoms with van der Waals surface area (Å²) < 4.78 is 6.61. The molecule has 1 heterocycles. The van der Waals surface area contributed by atoms with E-state index in [1.54, 1.807) is 11.3 Å². The van der Waals surface area contributed by atoms with Gasteiger partial charge in [0.2, 0.25) is 0 Å². The molecule has 1 atom stereocenters. The van der Waals surface area contributed by atoms with Crippen molar-refractivity contribution in [1.29, 1.82) is 0 Å². The Morgan fingerprint density at radius 2 is 2.29 bits per heavy atom. The van der Waals surface area contributed by atoms with E-state index in [2.05, 4.69) is 40.3 Å². The molecule has 1 N–H and O–H groups in total. The van der Waals surface area contributed by atoms with Gasteiger partial charge in [-0.3, -0.25) is 0 Å².